The van der Waals surface area contributed by atoms with Crippen molar-refractivity contribution in [2.45, 2.75) is 29.4 Å². The van der Waals surface area contributed by atoms with Crippen LogP contribution < -0.4 is 0 Å². The molecule has 0 amide bonds. The quantitative estimate of drug-likeness (QED) is 0.795. The van der Waals surface area contributed by atoms with E-state index in [9.17, 15) is 0 Å². The highest BCUT2D eigenvalue weighted by atomic mass is 32.2. The summed E-state index contributed by atoms with van der Waals surface area (Å²) >= 11 is 3.02. The fourth-order valence-electron chi connectivity index (χ4n) is 0.903. The average Bonchev–Trinajstić information content (AvgIpc) is 2.79. The summed E-state index contributed by atoms with van der Waals surface area (Å²) in [4.78, 5) is 5.74. The van der Waals surface area contributed by atoms with Gasteiger partial charge in [-0.25, -0.2) is 4.98 Å². The topological polar surface area (TPSA) is 56.5 Å². The molecule has 2 aromatic heterocycles. The highest BCUT2D eigenvalue weighted by Gasteiger charge is 2.05. The Kier molecular flexibility index (Phi) is 3.10. The van der Waals surface area contributed by atoms with Gasteiger partial charge in [-0.2, -0.15) is 4.80 Å². The predicted octanol–water partition coefficient (Wildman–Crippen LogP) is 1.69. The van der Waals surface area contributed by atoms with Crippen LogP contribution in [0.25, 0.3) is 0 Å². The lowest BCUT2D eigenvalue weighted by Crippen LogP contribution is -2.00. The summed E-state index contributed by atoms with van der Waals surface area (Å²) in [7, 11) is 0. The lowest BCUT2D eigenvalue weighted by Gasteiger charge is -1.90. The maximum atomic E-state index is 4.20. The summed E-state index contributed by atoms with van der Waals surface area (Å²) in [5.41, 5.74) is 0. The molecule has 0 aromatic carbocycles. The molecule has 0 aliphatic carbocycles. The molecule has 0 atom stereocenters. The molecule has 0 saturated carbocycles. The highest BCUT2D eigenvalue weighted by molar-refractivity contribution is 8.00. The minimum Gasteiger partial charge on any atom is -0.238 e. The lowest BCUT2D eigenvalue weighted by atomic mass is 10.5. The Morgan fingerprint density at radius 1 is 1.57 bits per heavy atom. The monoisotopic (exact) mass is 227 g/mol. The van der Waals surface area contributed by atoms with Gasteiger partial charge in [-0.1, -0.05) is 6.92 Å². The number of hydrogen-bond donors (Lipinski definition) is 0. The summed E-state index contributed by atoms with van der Waals surface area (Å²) in [6, 6.07) is 0. The van der Waals surface area contributed by atoms with Crippen LogP contribution in [-0.2, 0) is 6.54 Å². The van der Waals surface area contributed by atoms with Gasteiger partial charge in [0.25, 0.3) is 0 Å². The van der Waals surface area contributed by atoms with Gasteiger partial charge in [0.2, 0.25) is 5.16 Å². The second kappa shape index (κ2) is 4.52. The zero-order valence-corrected chi connectivity index (χ0v) is 9.25. The first kappa shape index (κ1) is 9.60. The van der Waals surface area contributed by atoms with E-state index in [1.54, 1.807) is 22.3 Å². The van der Waals surface area contributed by atoms with Gasteiger partial charge in [0.05, 0.1) is 6.54 Å². The molecule has 2 heterocycles. The summed E-state index contributed by atoms with van der Waals surface area (Å²) in [5, 5.41) is 14.6. The van der Waals surface area contributed by atoms with Crippen molar-refractivity contribution in [2.75, 3.05) is 0 Å². The van der Waals surface area contributed by atoms with Crippen LogP contribution in [0.4, 0.5) is 0 Å². The van der Waals surface area contributed by atoms with Crippen molar-refractivity contribution in [3.63, 3.8) is 0 Å². The van der Waals surface area contributed by atoms with Crippen molar-refractivity contribution in [3.05, 3.63) is 11.6 Å². The minimum absolute atomic E-state index is 0.661. The van der Waals surface area contributed by atoms with Crippen LogP contribution in [0.15, 0.2) is 21.1 Å². The van der Waals surface area contributed by atoms with E-state index < -0.39 is 0 Å². The molecule has 74 valence electrons. The number of thiazole rings is 1. The van der Waals surface area contributed by atoms with Crippen molar-refractivity contribution in [1.29, 1.82) is 0 Å². The summed E-state index contributed by atoms with van der Waals surface area (Å²) in [5.74, 6) is 0. The number of nitrogens with zero attached hydrogens (tertiary/aromatic N) is 5. The fourth-order valence-corrected chi connectivity index (χ4v) is 2.33. The minimum atomic E-state index is 0.661. The first-order valence-corrected chi connectivity index (χ1v) is 5.93. The third-order valence-corrected chi connectivity index (χ3v) is 3.18. The Labute approximate surface area is 89.5 Å². The van der Waals surface area contributed by atoms with Crippen molar-refractivity contribution < 1.29 is 0 Å². The van der Waals surface area contributed by atoms with Gasteiger partial charge >= 0.3 is 0 Å². The third-order valence-electron chi connectivity index (χ3n) is 1.45. The molecule has 0 N–H and O–H groups in total. The van der Waals surface area contributed by atoms with E-state index in [4.69, 9.17) is 0 Å². The molecule has 0 fully saturated rings. The molecule has 0 bridgehead atoms. The van der Waals surface area contributed by atoms with E-state index in [1.165, 1.54) is 11.8 Å². The van der Waals surface area contributed by atoms with Gasteiger partial charge in [-0.3, -0.25) is 0 Å². The molecule has 7 heteroatoms. The largest absolute Gasteiger partial charge is 0.238 e. The molecule has 0 unspecified atom stereocenters. The van der Waals surface area contributed by atoms with Crippen LogP contribution in [0.5, 0.6) is 0 Å². The smallest absolute Gasteiger partial charge is 0.238 e. The number of aryl methyl sites for hydroxylation is 1. The highest BCUT2D eigenvalue weighted by Crippen LogP contribution is 2.25. The zero-order valence-electron chi connectivity index (χ0n) is 7.62. The fraction of sp³-hybridized carbons (Fsp3) is 0.429. The summed E-state index contributed by atoms with van der Waals surface area (Å²) in [6.45, 7) is 2.89. The van der Waals surface area contributed by atoms with E-state index in [2.05, 4.69) is 27.3 Å². The predicted molar refractivity (Wildman–Crippen MR) is 54.3 cm³/mol. The number of tetrazole rings is 1. The Hall–Kier alpha value is -0.950. The van der Waals surface area contributed by atoms with Gasteiger partial charge in [-0.05, 0) is 23.4 Å². The van der Waals surface area contributed by atoms with Gasteiger partial charge in [0, 0.05) is 11.6 Å². The van der Waals surface area contributed by atoms with Crippen LogP contribution in [0.3, 0.4) is 0 Å². The molecular weight excluding hydrogens is 218 g/mol. The van der Waals surface area contributed by atoms with E-state index in [1.807, 2.05) is 5.38 Å². The molecule has 0 aliphatic rings. The Balaban J connectivity index is 2.03. The first-order chi connectivity index (χ1) is 6.88. The second-order valence-corrected chi connectivity index (χ2v) is 4.68. The first-order valence-electron chi connectivity index (χ1n) is 4.23. The Morgan fingerprint density at radius 2 is 2.50 bits per heavy atom. The zero-order chi connectivity index (χ0) is 9.80. The van der Waals surface area contributed by atoms with E-state index in [0.717, 1.165) is 17.3 Å². The van der Waals surface area contributed by atoms with Crippen molar-refractivity contribution in [2.24, 2.45) is 0 Å². The number of hydrogen-bond acceptors (Lipinski definition) is 6. The van der Waals surface area contributed by atoms with Crippen molar-refractivity contribution in [1.82, 2.24) is 25.2 Å². The maximum absolute atomic E-state index is 4.20. The molecular formula is C7H9N5S2. The van der Waals surface area contributed by atoms with Gasteiger partial charge in [0.15, 0.2) is 4.34 Å². The molecule has 0 saturated heterocycles. The van der Waals surface area contributed by atoms with E-state index in [0.29, 0.717) is 5.16 Å². The average molecular weight is 227 g/mol. The molecule has 0 radical (unpaired) electrons. The maximum Gasteiger partial charge on any atom is 0.238 e. The van der Waals surface area contributed by atoms with Crippen LogP contribution in [0.1, 0.15) is 13.3 Å². The Bertz CT molecular complexity index is 382. The lowest BCUT2D eigenvalue weighted by molar-refractivity contribution is 0.511. The summed E-state index contributed by atoms with van der Waals surface area (Å²) < 4.78 is 0.945. The number of aromatic nitrogens is 5. The normalized spacial score (nSPS) is 10.6. The molecule has 0 aliphatic heterocycles. The Morgan fingerprint density at radius 3 is 3.21 bits per heavy atom. The van der Waals surface area contributed by atoms with Crippen LogP contribution in [-0.4, -0.2) is 25.2 Å². The SMILES string of the molecule is CCCn1nnc(Sc2nccs2)n1. The van der Waals surface area contributed by atoms with Gasteiger partial charge in [-0.15, -0.1) is 21.5 Å². The molecule has 2 rings (SSSR count). The second-order valence-electron chi connectivity index (χ2n) is 2.57. The standard InChI is InChI=1S/C7H9N5S2/c1-2-4-12-10-6(9-11-12)14-7-8-3-5-13-7/h3,5H,2,4H2,1H3. The number of rotatable bonds is 4. The molecule has 0 spiro atoms. The van der Waals surface area contributed by atoms with Crippen molar-refractivity contribution >= 4 is 23.1 Å². The van der Waals surface area contributed by atoms with Crippen molar-refractivity contribution in [3.8, 4) is 0 Å². The summed E-state index contributed by atoms with van der Waals surface area (Å²) in [6.07, 6.45) is 2.78. The van der Waals surface area contributed by atoms with E-state index >= 15 is 0 Å². The van der Waals surface area contributed by atoms with Crippen LogP contribution in [0.2, 0.25) is 0 Å². The third kappa shape index (κ3) is 2.30. The van der Waals surface area contributed by atoms with Gasteiger partial charge in [0.1, 0.15) is 0 Å². The van der Waals surface area contributed by atoms with E-state index in [-0.39, 0.29) is 0 Å². The molecule has 5 nitrogen and oxygen atoms in total. The molecule has 2 aromatic rings. The van der Waals surface area contributed by atoms with Crippen LogP contribution in [0, 0.1) is 0 Å². The van der Waals surface area contributed by atoms with Crippen LogP contribution >= 0.6 is 23.1 Å². The van der Waals surface area contributed by atoms with Gasteiger partial charge < -0.3 is 0 Å². The molecule has 14 heavy (non-hydrogen) atoms.